The van der Waals surface area contributed by atoms with Gasteiger partial charge in [-0.2, -0.15) is 0 Å². The summed E-state index contributed by atoms with van der Waals surface area (Å²) in [7, 11) is 2.52. The predicted octanol–water partition coefficient (Wildman–Crippen LogP) is 2.86. The number of carbonyl (C=O) groups excluding carboxylic acids is 1. The van der Waals surface area contributed by atoms with Gasteiger partial charge in [0.2, 0.25) is 5.91 Å². The van der Waals surface area contributed by atoms with Crippen LogP contribution in [0.3, 0.4) is 0 Å². The molecule has 120 valence electrons. The molecule has 1 unspecified atom stereocenters. The van der Waals surface area contributed by atoms with Gasteiger partial charge in [-0.3, -0.25) is 4.79 Å². The van der Waals surface area contributed by atoms with E-state index < -0.39 is 8.80 Å². The van der Waals surface area contributed by atoms with Crippen LogP contribution in [-0.4, -0.2) is 36.0 Å². The molecule has 0 fully saturated rings. The van der Waals surface area contributed by atoms with E-state index in [1.807, 2.05) is 0 Å². The van der Waals surface area contributed by atoms with Gasteiger partial charge in [-0.25, -0.2) is 0 Å². The number of hydrogen-bond donors (Lipinski definition) is 1. The highest BCUT2D eigenvalue weighted by molar-refractivity contribution is 6.62. The number of nitrogens with two attached hydrogens (primary N) is 1. The molecule has 0 saturated heterocycles. The topological polar surface area (TPSA) is 70.8 Å². The lowest BCUT2D eigenvalue weighted by atomic mass is 10.1. The van der Waals surface area contributed by atoms with Gasteiger partial charge in [0.25, 0.3) is 0 Å². The van der Waals surface area contributed by atoms with Crippen LogP contribution in [0.2, 0.25) is 5.54 Å². The Bertz CT molecular complexity index is 251. The Labute approximate surface area is 124 Å². The van der Waals surface area contributed by atoms with Gasteiger partial charge in [0.05, 0.1) is 0 Å². The molecule has 1 amide bonds. The molecule has 0 aliphatic rings. The molecule has 1 atom stereocenters. The molecular weight excluding hydrogens is 274 g/mol. The smallest absolute Gasteiger partial charge is 0.377 e. The normalized spacial score (nSPS) is 13.4. The predicted molar refractivity (Wildman–Crippen MR) is 82.3 cm³/mol. The maximum absolute atomic E-state index is 10.6. The summed E-state index contributed by atoms with van der Waals surface area (Å²) in [6.07, 6.45) is 8.30. The summed E-state index contributed by atoms with van der Waals surface area (Å²) in [6.45, 7) is 2.13. The van der Waals surface area contributed by atoms with Crippen molar-refractivity contribution < 1.29 is 18.1 Å². The fourth-order valence-corrected chi connectivity index (χ4v) is 4.75. The van der Waals surface area contributed by atoms with E-state index in [9.17, 15) is 4.79 Å². The van der Waals surface area contributed by atoms with Gasteiger partial charge in [0, 0.05) is 33.3 Å². The highest BCUT2D eigenvalue weighted by atomic mass is 28.4. The minimum atomic E-state index is -2.47. The van der Waals surface area contributed by atoms with Crippen molar-refractivity contribution in [2.75, 3.05) is 21.3 Å². The highest BCUT2D eigenvalue weighted by Crippen LogP contribution is 2.29. The summed E-state index contributed by atoms with van der Waals surface area (Å²) in [5.74, 6) is -0.196. The van der Waals surface area contributed by atoms with Gasteiger partial charge in [0.1, 0.15) is 0 Å². The molecule has 0 aromatic heterocycles. The summed E-state index contributed by atoms with van der Waals surface area (Å²) in [5, 5.41) is 0. The van der Waals surface area contributed by atoms with Crippen LogP contribution in [0, 0.1) is 0 Å². The summed E-state index contributed by atoms with van der Waals surface area (Å²) in [6, 6.07) is 0. The van der Waals surface area contributed by atoms with Crippen LogP contribution in [0.5, 0.6) is 0 Å². The lowest BCUT2D eigenvalue weighted by Gasteiger charge is -2.30. The first-order valence-corrected chi connectivity index (χ1v) is 9.26. The molecule has 0 spiro atoms. The third-order valence-corrected chi connectivity index (χ3v) is 6.97. The monoisotopic (exact) mass is 305 g/mol. The van der Waals surface area contributed by atoms with Crippen LogP contribution in [0.25, 0.3) is 0 Å². The summed E-state index contributed by atoms with van der Waals surface area (Å²) >= 11 is 0. The van der Waals surface area contributed by atoms with Gasteiger partial charge in [0.15, 0.2) is 0 Å². The number of rotatable bonds is 13. The van der Waals surface area contributed by atoms with Gasteiger partial charge < -0.3 is 19.0 Å². The number of primary amides is 1. The van der Waals surface area contributed by atoms with Crippen LogP contribution in [-0.2, 0) is 18.1 Å². The summed E-state index contributed by atoms with van der Waals surface area (Å²) in [4.78, 5) is 10.6. The zero-order valence-corrected chi connectivity index (χ0v) is 14.4. The number of carbonyl (C=O) groups is 1. The molecule has 0 aliphatic heterocycles. The molecule has 0 radical (unpaired) electrons. The Hall–Kier alpha value is -0.433. The van der Waals surface area contributed by atoms with Crippen LogP contribution >= 0.6 is 0 Å². The molecule has 0 aromatic rings. The Balaban J connectivity index is 3.66. The minimum absolute atomic E-state index is 0.196. The maximum Gasteiger partial charge on any atom is 0.503 e. The SMILES string of the molecule is CO[Si](OC)(OC)C(C)CCCCCCCCC(N)=O. The lowest BCUT2D eigenvalue weighted by Crippen LogP contribution is -2.46. The van der Waals surface area contributed by atoms with E-state index in [2.05, 4.69) is 6.92 Å². The standard InChI is InChI=1S/C14H31NO4Si/c1-13(20(17-2,18-3)19-4)11-9-7-5-6-8-10-12-14(15)16/h13H,5-12H2,1-4H3,(H2,15,16). The molecular formula is C14H31NO4Si. The zero-order chi connectivity index (χ0) is 15.4. The van der Waals surface area contributed by atoms with E-state index in [0.717, 1.165) is 25.7 Å². The van der Waals surface area contributed by atoms with Crippen molar-refractivity contribution in [3.63, 3.8) is 0 Å². The number of amides is 1. The molecule has 6 heteroatoms. The first kappa shape index (κ1) is 19.6. The van der Waals surface area contributed by atoms with Crippen molar-refractivity contribution in [3.05, 3.63) is 0 Å². The molecule has 0 heterocycles. The second kappa shape index (κ2) is 11.3. The largest absolute Gasteiger partial charge is 0.503 e. The highest BCUT2D eigenvalue weighted by Gasteiger charge is 2.43. The van der Waals surface area contributed by atoms with Crippen molar-refractivity contribution in [2.45, 2.75) is 63.8 Å². The van der Waals surface area contributed by atoms with Crippen LogP contribution in [0.1, 0.15) is 58.3 Å². The number of hydrogen-bond acceptors (Lipinski definition) is 4. The molecule has 0 aromatic carbocycles. The average molecular weight is 305 g/mol. The third kappa shape index (κ3) is 7.38. The minimum Gasteiger partial charge on any atom is -0.377 e. The second-order valence-corrected chi connectivity index (χ2v) is 8.66. The molecule has 0 saturated carbocycles. The first-order valence-electron chi connectivity index (χ1n) is 7.46. The lowest BCUT2D eigenvalue weighted by molar-refractivity contribution is -0.118. The van der Waals surface area contributed by atoms with E-state index >= 15 is 0 Å². The van der Waals surface area contributed by atoms with Crippen molar-refractivity contribution in [3.8, 4) is 0 Å². The Morgan fingerprint density at radius 3 is 1.85 bits per heavy atom. The quantitative estimate of drug-likeness (QED) is 0.419. The van der Waals surface area contributed by atoms with Crippen LogP contribution < -0.4 is 5.73 Å². The molecule has 20 heavy (non-hydrogen) atoms. The van der Waals surface area contributed by atoms with E-state index in [4.69, 9.17) is 19.0 Å². The van der Waals surface area contributed by atoms with E-state index in [0.29, 0.717) is 12.0 Å². The fraction of sp³-hybridized carbons (Fsp3) is 0.929. The van der Waals surface area contributed by atoms with Gasteiger partial charge in [-0.05, 0) is 12.8 Å². The second-order valence-electron chi connectivity index (χ2n) is 5.24. The molecule has 0 bridgehead atoms. The Morgan fingerprint density at radius 2 is 1.40 bits per heavy atom. The maximum atomic E-state index is 10.6. The summed E-state index contributed by atoms with van der Waals surface area (Å²) < 4.78 is 16.4. The van der Waals surface area contributed by atoms with E-state index in [1.54, 1.807) is 21.3 Å². The van der Waals surface area contributed by atoms with E-state index in [1.165, 1.54) is 19.3 Å². The Kier molecular flexibility index (Phi) is 11.0. The average Bonchev–Trinajstić information content (AvgIpc) is 2.44. The van der Waals surface area contributed by atoms with Gasteiger partial charge >= 0.3 is 8.80 Å². The first-order chi connectivity index (χ1) is 9.52. The zero-order valence-electron chi connectivity index (χ0n) is 13.4. The molecule has 0 aliphatic carbocycles. The fourth-order valence-electron chi connectivity index (χ4n) is 2.49. The third-order valence-electron chi connectivity index (χ3n) is 3.77. The van der Waals surface area contributed by atoms with E-state index in [-0.39, 0.29) is 5.91 Å². The number of unbranched alkanes of at least 4 members (excludes halogenated alkanes) is 5. The van der Waals surface area contributed by atoms with Crippen LogP contribution in [0.4, 0.5) is 0 Å². The van der Waals surface area contributed by atoms with Gasteiger partial charge in [-0.15, -0.1) is 0 Å². The van der Waals surface area contributed by atoms with Gasteiger partial charge in [-0.1, -0.05) is 39.0 Å². The summed E-state index contributed by atoms with van der Waals surface area (Å²) in [5.41, 5.74) is 5.41. The van der Waals surface area contributed by atoms with Crippen molar-refractivity contribution >= 4 is 14.7 Å². The molecule has 5 nitrogen and oxygen atoms in total. The Morgan fingerprint density at radius 1 is 0.950 bits per heavy atom. The van der Waals surface area contributed by atoms with Crippen molar-refractivity contribution in [1.82, 2.24) is 0 Å². The molecule has 0 rings (SSSR count). The molecule has 2 N–H and O–H groups in total. The van der Waals surface area contributed by atoms with Crippen molar-refractivity contribution in [1.29, 1.82) is 0 Å². The van der Waals surface area contributed by atoms with Crippen molar-refractivity contribution in [2.24, 2.45) is 5.73 Å². The van der Waals surface area contributed by atoms with Crippen LogP contribution in [0.15, 0.2) is 0 Å².